The molecule has 5 heteroatoms. The summed E-state index contributed by atoms with van der Waals surface area (Å²) in [6.45, 7) is 6.98. The maximum absolute atomic E-state index is 5.99. The van der Waals surface area contributed by atoms with Gasteiger partial charge in [0.15, 0.2) is 0 Å². The molecule has 0 aliphatic carbocycles. The van der Waals surface area contributed by atoms with Crippen molar-refractivity contribution >= 4 is 11.6 Å². The van der Waals surface area contributed by atoms with Crippen molar-refractivity contribution in [2.24, 2.45) is 0 Å². The lowest BCUT2D eigenvalue weighted by atomic mass is 9.97. The first kappa shape index (κ1) is 16.1. The Morgan fingerprint density at radius 3 is 2.75 bits per heavy atom. The minimum absolute atomic E-state index is 0.742. The molecule has 3 heterocycles. The second-order valence-electron chi connectivity index (χ2n) is 7.21. The summed E-state index contributed by atoms with van der Waals surface area (Å²) in [7, 11) is 0. The fourth-order valence-corrected chi connectivity index (χ4v) is 4.21. The van der Waals surface area contributed by atoms with Crippen molar-refractivity contribution in [3.63, 3.8) is 0 Å². The van der Waals surface area contributed by atoms with Crippen LogP contribution in [0.3, 0.4) is 0 Å². The summed E-state index contributed by atoms with van der Waals surface area (Å²) in [5.41, 5.74) is 3.53. The fourth-order valence-electron chi connectivity index (χ4n) is 4.08. The van der Waals surface area contributed by atoms with E-state index in [0.717, 1.165) is 34.9 Å². The minimum Gasteiger partial charge on any atom is -0.296 e. The minimum atomic E-state index is 0.742. The van der Waals surface area contributed by atoms with Crippen LogP contribution in [0.1, 0.15) is 31.7 Å². The van der Waals surface area contributed by atoms with Crippen LogP contribution in [0, 0.1) is 0 Å². The van der Waals surface area contributed by atoms with Crippen molar-refractivity contribution in [2.75, 3.05) is 19.6 Å². The lowest BCUT2D eigenvalue weighted by Crippen LogP contribution is -2.61. The summed E-state index contributed by atoms with van der Waals surface area (Å²) in [5.74, 6) is 0. The van der Waals surface area contributed by atoms with Crippen LogP contribution in [0.4, 0.5) is 0 Å². The summed E-state index contributed by atoms with van der Waals surface area (Å²) in [6.07, 6.45) is 6.08. The van der Waals surface area contributed by atoms with Crippen LogP contribution in [0.15, 0.2) is 30.5 Å². The number of rotatable bonds is 4. The van der Waals surface area contributed by atoms with Crippen LogP contribution in [0.5, 0.6) is 0 Å². The van der Waals surface area contributed by atoms with Crippen LogP contribution in [0.2, 0.25) is 5.02 Å². The van der Waals surface area contributed by atoms with Crippen LogP contribution in [-0.4, -0.2) is 51.7 Å². The highest BCUT2D eigenvalue weighted by Gasteiger charge is 2.35. The molecule has 2 saturated heterocycles. The van der Waals surface area contributed by atoms with Crippen molar-refractivity contribution < 1.29 is 0 Å². The van der Waals surface area contributed by atoms with E-state index in [2.05, 4.69) is 26.9 Å². The Labute approximate surface area is 148 Å². The average molecular weight is 345 g/mol. The Hall–Kier alpha value is -1.36. The first-order valence-electron chi connectivity index (χ1n) is 8.97. The molecular weight excluding hydrogens is 320 g/mol. The van der Waals surface area contributed by atoms with Gasteiger partial charge in [-0.3, -0.25) is 14.9 Å². The molecule has 24 heavy (non-hydrogen) atoms. The standard InChI is InChI=1S/C19H25ClN4/c1-14-4-2-3-9-24(14)18-12-23(13-18)11-16-10-21-22-19(16)15-5-7-17(20)8-6-15/h5-8,10,14,18H,2-4,9,11-13H2,1H3,(H,21,22)/t14-/m0/s1. The second-order valence-corrected chi connectivity index (χ2v) is 7.64. The van der Waals surface area contributed by atoms with Crippen LogP contribution in [0.25, 0.3) is 11.3 Å². The van der Waals surface area contributed by atoms with Gasteiger partial charge in [0.2, 0.25) is 0 Å². The van der Waals surface area contributed by atoms with E-state index in [1.165, 1.54) is 44.5 Å². The number of likely N-dealkylation sites (tertiary alicyclic amines) is 2. The fraction of sp³-hybridized carbons (Fsp3) is 0.526. The van der Waals surface area contributed by atoms with Gasteiger partial charge in [-0.05, 0) is 44.0 Å². The lowest BCUT2D eigenvalue weighted by Gasteiger charge is -2.49. The number of aromatic amines is 1. The normalized spacial score (nSPS) is 23.3. The monoisotopic (exact) mass is 344 g/mol. The summed E-state index contributed by atoms with van der Waals surface area (Å²) < 4.78 is 0. The summed E-state index contributed by atoms with van der Waals surface area (Å²) in [6, 6.07) is 9.45. The molecule has 2 fully saturated rings. The van der Waals surface area contributed by atoms with Gasteiger partial charge in [-0.15, -0.1) is 0 Å². The number of nitrogens with zero attached hydrogens (tertiary/aromatic N) is 3. The molecule has 0 unspecified atom stereocenters. The van der Waals surface area contributed by atoms with Crippen molar-refractivity contribution in [3.8, 4) is 11.3 Å². The van der Waals surface area contributed by atoms with Crippen molar-refractivity contribution in [3.05, 3.63) is 41.0 Å². The maximum Gasteiger partial charge on any atom is 0.0695 e. The maximum atomic E-state index is 5.99. The molecule has 1 atom stereocenters. The highest BCUT2D eigenvalue weighted by molar-refractivity contribution is 6.30. The number of H-pyrrole nitrogens is 1. The molecule has 4 rings (SSSR count). The molecule has 128 valence electrons. The van der Waals surface area contributed by atoms with Crippen molar-refractivity contribution in [1.29, 1.82) is 0 Å². The van der Waals surface area contributed by atoms with E-state index in [4.69, 9.17) is 11.6 Å². The van der Waals surface area contributed by atoms with E-state index >= 15 is 0 Å². The summed E-state index contributed by atoms with van der Waals surface area (Å²) in [4.78, 5) is 5.24. The first-order chi connectivity index (χ1) is 11.7. The number of halogens is 1. The number of hydrogen-bond donors (Lipinski definition) is 1. The molecule has 0 radical (unpaired) electrons. The molecule has 1 aromatic heterocycles. The van der Waals surface area contributed by atoms with Gasteiger partial charge < -0.3 is 0 Å². The second kappa shape index (κ2) is 6.87. The van der Waals surface area contributed by atoms with E-state index in [0.29, 0.717) is 0 Å². The number of piperidine rings is 1. The molecule has 1 N–H and O–H groups in total. The van der Waals surface area contributed by atoms with E-state index in [9.17, 15) is 0 Å². The molecule has 2 aliphatic rings. The molecule has 2 aromatic rings. The summed E-state index contributed by atoms with van der Waals surface area (Å²) in [5, 5.41) is 8.17. The van der Waals surface area contributed by atoms with E-state index < -0.39 is 0 Å². The van der Waals surface area contributed by atoms with Gasteiger partial charge in [0.1, 0.15) is 0 Å². The van der Waals surface area contributed by atoms with E-state index in [-0.39, 0.29) is 0 Å². The highest BCUT2D eigenvalue weighted by atomic mass is 35.5. The molecule has 4 nitrogen and oxygen atoms in total. The molecular formula is C19H25ClN4. The Balaban J connectivity index is 1.38. The smallest absolute Gasteiger partial charge is 0.0695 e. The topological polar surface area (TPSA) is 35.2 Å². The average Bonchev–Trinajstić information content (AvgIpc) is 3.00. The third-order valence-corrected chi connectivity index (χ3v) is 5.76. The van der Waals surface area contributed by atoms with Crippen molar-refractivity contribution in [1.82, 2.24) is 20.0 Å². The SMILES string of the molecule is C[C@H]1CCCCN1C1CN(Cc2cn[nH]c2-c2ccc(Cl)cc2)C1. The first-order valence-corrected chi connectivity index (χ1v) is 9.35. The zero-order chi connectivity index (χ0) is 16.5. The molecule has 1 aromatic carbocycles. The predicted octanol–water partition coefficient (Wildman–Crippen LogP) is 3.79. The van der Waals surface area contributed by atoms with Crippen LogP contribution in [-0.2, 0) is 6.54 Å². The zero-order valence-corrected chi connectivity index (χ0v) is 15.0. The quantitative estimate of drug-likeness (QED) is 0.916. The number of benzene rings is 1. The van der Waals surface area contributed by atoms with Gasteiger partial charge in [-0.2, -0.15) is 5.10 Å². The van der Waals surface area contributed by atoms with E-state index in [1.807, 2.05) is 30.5 Å². The Morgan fingerprint density at radius 2 is 2.00 bits per heavy atom. The van der Waals surface area contributed by atoms with Gasteiger partial charge >= 0.3 is 0 Å². The number of aromatic nitrogens is 2. The van der Waals surface area contributed by atoms with Crippen LogP contribution < -0.4 is 0 Å². The van der Waals surface area contributed by atoms with E-state index in [1.54, 1.807) is 0 Å². The van der Waals surface area contributed by atoms with Gasteiger partial charge in [-0.25, -0.2) is 0 Å². The van der Waals surface area contributed by atoms with Gasteiger partial charge in [0, 0.05) is 42.3 Å². The Morgan fingerprint density at radius 1 is 1.21 bits per heavy atom. The molecule has 2 aliphatic heterocycles. The predicted molar refractivity (Wildman–Crippen MR) is 98.1 cm³/mol. The third-order valence-electron chi connectivity index (χ3n) is 5.51. The molecule has 0 bridgehead atoms. The Bertz CT molecular complexity index is 675. The Kier molecular flexibility index (Phi) is 4.61. The third kappa shape index (κ3) is 3.23. The zero-order valence-electron chi connectivity index (χ0n) is 14.2. The van der Waals surface area contributed by atoms with Crippen LogP contribution >= 0.6 is 11.6 Å². The number of hydrogen-bond acceptors (Lipinski definition) is 3. The van der Waals surface area contributed by atoms with Gasteiger partial charge in [0.25, 0.3) is 0 Å². The van der Waals surface area contributed by atoms with Gasteiger partial charge in [-0.1, -0.05) is 30.2 Å². The summed E-state index contributed by atoms with van der Waals surface area (Å²) >= 11 is 5.99. The van der Waals surface area contributed by atoms with Crippen molar-refractivity contribution in [2.45, 2.75) is 44.8 Å². The largest absolute Gasteiger partial charge is 0.296 e. The number of nitrogens with one attached hydrogen (secondary N) is 1. The highest BCUT2D eigenvalue weighted by Crippen LogP contribution is 2.28. The molecule has 0 spiro atoms. The molecule has 0 saturated carbocycles. The lowest BCUT2D eigenvalue weighted by molar-refractivity contribution is -0.00613. The molecule has 0 amide bonds. The van der Waals surface area contributed by atoms with Gasteiger partial charge in [0.05, 0.1) is 11.9 Å².